The molecule has 3 heteroatoms. The SMILES string of the molecule is C=C/C=C(\C=C)CN1CCOC(C#N)C1. The van der Waals surface area contributed by atoms with Crippen LogP contribution in [0.15, 0.2) is 37.0 Å². The van der Waals surface area contributed by atoms with Gasteiger partial charge in [-0.05, 0) is 5.57 Å². The molecule has 1 aliphatic heterocycles. The van der Waals surface area contributed by atoms with E-state index in [-0.39, 0.29) is 6.10 Å². The molecule has 1 saturated heterocycles. The van der Waals surface area contributed by atoms with Crippen LogP contribution in [0.4, 0.5) is 0 Å². The minimum absolute atomic E-state index is 0.298. The summed E-state index contributed by atoms with van der Waals surface area (Å²) in [7, 11) is 0. The van der Waals surface area contributed by atoms with Crippen LogP contribution < -0.4 is 0 Å². The van der Waals surface area contributed by atoms with Crippen molar-refractivity contribution >= 4 is 0 Å². The second-order valence-corrected chi connectivity index (χ2v) is 3.41. The monoisotopic (exact) mass is 204 g/mol. The Balaban J connectivity index is 2.50. The van der Waals surface area contributed by atoms with Crippen LogP contribution >= 0.6 is 0 Å². The van der Waals surface area contributed by atoms with Crippen molar-refractivity contribution < 1.29 is 4.74 Å². The fraction of sp³-hybridized carbons (Fsp3) is 0.417. The summed E-state index contributed by atoms with van der Waals surface area (Å²) in [6, 6.07) is 2.13. The van der Waals surface area contributed by atoms with Crippen LogP contribution in [0.5, 0.6) is 0 Å². The minimum Gasteiger partial charge on any atom is -0.361 e. The minimum atomic E-state index is -0.298. The zero-order valence-electron chi connectivity index (χ0n) is 8.85. The molecule has 1 atom stereocenters. The first-order chi connectivity index (χ1) is 7.30. The van der Waals surface area contributed by atoms with Gasteiger partial charge in [0, 0.05) is 19.6 Å². The van der Waals surface area contributed by atoms with E-state index in [1.165, 1.54) is 0 Å². The van der Waals surface area contributed by atoms with E-state index >= 15 is 0 Å². The molecule has 1 fully saturated rings. The highest BCUT2D eigenvalue weighted by molar-refractivity contribution is 5.22. The van der Waals surface area contributed by atoms with Crippen LogP contribution in [0.1, 0.15) is 0 Å². The normalized spacial score (nSPS) is 23.1. The van der Waals surface area contributed by atoms with Crippen LogP contribution in [0.2, 0.25) is 0 Å². The molecule has 3 nitrogen and oxygen atoms in total. The van der Waals surface area contributed by atoms with Crippen LogP contribution in [0.3, 0.4) is 0 Å². The highest BCUT2D eigenvalue weighted by Crippen LogP contribution is 2.08. The van der Waals surface area contributed by atoms with Gasteiger partial charge in [0.1, 0.15) is 0 Å². The van der Waals surface area contributed by atoms with Crippen molar-refractivity contribution in [3.63, 3.8) is 0 Å². The van der Waals surface area contributed by atoms with Gasteiger partial charge in [0.2, 0.25) is 0 Å². The Morgan fingerprint density at radius 3 is 3.00 bits per heavy atom. The molecule has 0 N–H and O–H groups in total. The van der Waals surface area contributed by atoms with Crippen molar-refractivity contribution in [3.8, 4) is 6.07 Å². The largest absolute Gasteiger partial charge is 0.361 e. The molecule has 0 amide bonds. The number of morpholine rings is 1. The van der Waals surface area contributed by atoms with Gasteiger partial charge in [-0.25, -0.2) is 0 Å². The molecular formula is C12H16N2O. The van der Waals surface area contributed by atoms with Gasteiger partial charge in [0.05, 0.1) is 12.7 Å². The Kier molecular flexibility index (Phi) is 4.82. The molecule has 0 aliphatic carbocycles. The van der Waals surface area contributed by atoms with E-state index in [0.29, 0.717) is 13.2 Å². The van der Waals surface area contributed by atoms with Gasteiger partial charge >= 0.3 is 0 Å². The first-order valence-corrected chi connectivity index (χ1v) is 4.97. The topological polar surface area (TPSA) is 36.3 Å². The summed E-state index contributed by atoms with van der Waals surface area (Å²) in [5, 5.41) is 8.75. The standard InChI is InChI=1S/C12H16N2O/c1-3-5-11(4-2)9-14-6-7-15-12(8-13)10-14/h3-5,12H,1-2,6-7,9-10H2/b11-5+. The van der Waals surface area contributed by atoms with Crippen molar-refractivity contribution in [3.05, 3.63) is 37.0 Å². The number of rotatable bonds is 4. The van der Waals surface area contributed by atoms with Crippen LogP contribution in [-0.2, 0) is 4.74 Å². The Morgan fingerprint density at radius 2 is 2.40 bits per heavy atom. The van der Waals surface area contributed by atoms with Gasteiger partial charge in [-0.2, -0.15) is 5.26 Å². The Labute approximate surface area is 90.9 Å². The molecule has 1 aliphatic rings. The van der Waals surface area contributed by atoms with Crippen LogP contribution in [0.25, 0.3) is 0 Å². The molecule has 0 aromatic rings. The Morgan fingerprint density at radius 1 is 1.60 bits per heavy atom. The van der Waals surface area contributed by atoms with Crippen molar-refractivity contribution in [2.75, 3.05) is 26.2 Å². The lowest BCUT2D eigenvalue weighted by Crippen LogP contribution is -2.42. The van der Waals surface area contributed by atoms with Crippen LogP contribution in [-0.4, -0.2) is 37.2 Å². The third-order valence-electron chi connectivity index (χ3n) is 2.29. The highest BCUT2D eigenvalue weighted by atomic mass is 16.5. The van der Waals surface area contributed by atoms with Gasteiger partial charge in [-0.3, -0.25) is 4.90 Å². The lowest BCUT2D eigenvalue weighted by molar-refractivity contribution is 0.00449. The maximum atomic E-state index is 8.75. The van der Waals surface area contributed by atoms with Crippen molar-refractivity contribution in [2.45, 2.75) is 6.10 Å². The maximum Gasteiger partial charge on any atom is 0.156 e. The quantitative estimate of drug-likeness (QED) is 0.651. The lowest BCUT2D eigenvalue weighted by Gasteiger charge is -2.29. The van der Waals surface area contributed by atoms with E-state index in [9.17, 15) is 0 Å². The van der Waals surface area contributed by atoms with Crippen molar-refractivity contribution in [2.24, 2.45) is 0 Å². The smallest absolute Gasteiger partial charge is 0.156 e. The van der Waals surface area contributed by atoms with E-state index in [2.05, 4.69) is 24.1 Å². The third-order valence-corrected chi connectivity index (χ3v) is 2.29. The zero-order valence-corrected chi connectivity index (χ0v) is 8.85. The van der Waals surface area contributed by atoms with E-state index in [1.807, 2.05) is 12.2 Å². The molecule has 0 radical (unpaired) electrons. The zero-order chi connectivity index (χ0) is 11.1. The predicted octanol–water partition coefficient (Wildman–Crippen LogP) is 1.51. The molecule has 1 unspecified atom stereocenters. The van der Waals surface area contributed by atoms with Gasteiger partial charge in [-0.15, -0.1) is 0 Å². The number of hydrogen-bond acceptors (Lipinski definition) is 3. The summed E-state index contributed by atoms with van der Waals surface area (Å²) in [5.41, 5.74) is 1.11. The fourth-order valence-corrected chi connectivity index (χ4v) is 1.52. The van der Waals surface area contributed by atoms with Gasteiger partial charge in [0.25, 0.3) is 0 Å². The van der Waals surface area contributed by atoms with E-state index in [1.54, 1.807) is 6.08 Å². The van der Waals surface area contributed by atoms with Gasteiger partial charge in [0.15, 0.2) is 6.10 Å². The lowest BCUT2D eigenvalue weighted by atomic mass is 10.2. The third kappa shape index (κ3) is 3.70. The Hall–Kier alpha value is -1.37. The first-order valence-electron chi connectivity index (χ1n) is 4.97. The van der Waals surface area contributed by atoms with Crippen molar-refractivity contribution in [1.82, 2.24) is 4.90 Å². The predicted molar refractivity (Wildman–Crippen MR) is 60.3 cm³/mol. The number of hydrogen-bond donors (Lipinski definition) is 0. The van der Waals surface area contributed by atoms with Crippen molar-refractivity contribution in [1.29, 1.82) is 5.26 Å². The first kappa shape index (κ1) is 11.7. The second kappa shape index (κ2) is 6.18. The van der Waals surface area contributed by atoms with E-state index in [4.69, 9.17) is 10.00 Å². The molecule has 0 aromatic carbocycles. The Bertz CT molecular complexity index is 301. The van der Waals surface area contributed by atoms with Gasteiger partial charge in [-0.1, -0.05) is 31.4 Å². The summed E-state index contributed by atoms with van der Waals surface area (Å²) in [6.45, 7) is 10.3. The maximum absolute atomic E-state index is 8.75. The highest BCUT2D eigenvalue weighted by Gasteiger charge is 2.19. The molecule has 0 saturated carbocycles. The number of nitrogens with zero attached hydrogens (tertiary/aromatic N) is 2. The average Bonchev–Trinajstić information content (AvgIpc) is 2.29. The van der Waals surface area contributed by atoms with E-state index in [0.717, 1.165) is 18.7 Å². The summed E-state index contributed by atoms with van der Waals surface area (Å²) in [5.74, 6) is 0. The summed E-state index contributed by atoms with van der Waals surface area (Å²) < 4.78 is 5.26. The molecule has 80 valence electrons. The molecule has 15 heavy (non-hydrogen) atoms. The molecule has 0 bridgehead atoms. The molecule has 0 spiro atoms. The number of allylic oxidation sites excluding steroid dienone is 2. The molecule has 0 aromatic heterocycles. The second-order valence-electron chi connectivity index (χ2n) is 3.41. The van der Waals surface area contributed by atoms with E-state index < -0.39 is 0 Å². The summed E-state index contributed by atoms with van der Waals surface area (Å²) >= 11 is 0. The molecule has 1 rings (SSSR count). The van der Waals surface area contributed by atoms with Crippen LogP contribution in [0, 0.1) is 11.3 Å². The number of nitriles is 1. The summed E-state index contributed by atoms with van der Waals surface area (Å²) in [6.07, 6.45) is 5.20. The number of ether oxygens (including phenoxy) is 1. The fourth-order valence-electron chi connectivity index (χ4n) is 1.52. The average molecular weight is 204 g/mol. The molecular weight excluding hydrogens is 188 g/mol. The molecule has 1 heterocycles. The van der Waals surface area contributed by atoms with Gasteiger partial charge < -0.3 is 4.74 Å². The summed E-state index contributed by atoms with van der Waals surface area (Å²) in [4.78, 5) is 2.19.